The first-order chi connectivity index (χ1) is 26.2. The molecule has 318 valence electrons. The second-order valence-electron chi connectivity index (χ2n) is 14.7. The molecule has 0 amide bonds. The molecule has 3 atom stereocenters. The zero-order chi connectivity index (χ0) is 39.8. The average molecular weight is 789 g/mol. The Bertz CT molecular complexity index is 957. The summed E-state index contributed by atoms with van der Waals surface area (Å²) >= 11 is 0. The average Bonchev–Trinajstić information content (AvgIpc) is 3.16. The molecule has 0 fully saturated rings. The lowest BCUT2D eigenvalue weighted by atomic mass is 10.1. The van der Waals surface area contributed by atoms with Crippen LogP contribution in [0.1, 0.15) is 200 Å². The maximum atomic E-state index is 12.6. The summed E-state index contributed by atoms with van der Waals surface area (Å²) in [6, 6.07) is 0. The molecule has 1 unspecified atom stereocenters. The summed E-state index contributed by atoms with van der Waals surface area (Å²) in [6.45, 7) is 2.36. The number of ether oxygens (including phenoxy) is 2. The Balaban J connectivity index is 4.30. The Hall–Kier alpha value is -1.55. The topological polar surface area (TPSA) is 149 Å². The van der Waals surface area contributed by atoms with Crippen LogP contribution in [0.15, 0.2) is 24.3 Å². The monoisotopic (exact) mass is 789 g/mol. The molecular formula is C43H81O10P. The third-order valence-electron chi connectivity index (χ3n) is 9.33. The van der Waals surface area contributed by atoms with E-state index in [4.69, 9.17) is 19.1 Å². The van der Waals surface area contributed by atoms with Gasteiger partial charge in [0.05, 0.1) is 19.8 Å². The van der Waals surface area contributed by atoms with E-state index in [0.29, 0.717) is 12.8 Å². The summed E-state index contributed by atoms with van der Waals surface area (Å²) < 4.78 is 32.7. The Labute approximate surface area is 329 Å². The van der Waals surface area contributed by atoms with E-state index < -0.39 is 51.8 Å². The predicted molar refractivity (Wildman–Crippen MR) is 219 cm³/mol. The predicted octanol–water partition coefficient (Wildman–Crippen LogP) is 11.4. The van der Waals surface area contributed by atoms with Crippen LogP contribution >= 0.6 is 7.82 Å². The van der Waals surface area contributed by atoms with Crippen molar-refractivity contribution < 1.29 is 47.8 Å². The van der Waals surface area contributed by atoms with E-state index in [1.54, 1.807) is 0 Å². The van der Waals surface area contributed by atoms with E-state index >= 15 is 0 Å². The van der Waals surface area contributed by atoms with Gasteiger partial charge in [-0.15, -0.1) is 0 Å². The van der Waals surface area contributed by atoms with E-state index in [1.165, 1.54) is 96.3 Å². The number of esters is 2. The standard InChI is InChI=1S/C43H81O10P/c1-3-5-7-9-11-13-15-17-19-20-21-23-25-27-29-31-33-35-43(47)53-41(39-52-54(48,49)51-37-40(45)36-44)38-50-42(46)34-32-30-28-26-24-22-18-16-14-12-10-8-6-4-2/h16-19,40-41,44-45H,3-15,20-39H2,1-2H3,(H,48,49)/b18-16+,19-17+/t40-,41+/m0/s1. The van der Waals surface area contributed by atoms with Crippen molar-refractivity contribution in [1.29, 1.82) is 0 Å². The first-order valence-electron chi connectivity index (χ1n) is 21.8. The highest BCUT2D eigenvalue weighted by atomic mass is 31.2. The molecule has 0 aromatic carbocycles. The van der Waals surface area contributed by atoms with Gasteiger partial charge in [-0.05, 0) is 64.2 Å². The first kappa shape index (κ1) is 52.5. The third-order valence-corrected chi connectivity index (χ3v) is 10.3. The summed E-state index contributed by atoms with van der Waals surface area (Å²) in [6.07, 6.45) is 38.5. The Morgan fingerprint density at radius 2 is 0.907 bits per heavy atom. The smallest absolute Gasteiger partial charge is 0.462 e. The number of unbranched alkanes of at least 4 members (excludes halogenated alkanes) is 23. The number of aliphatic hydroxyl groups is 2. The number of hydrogen-bond donors (Lipinski definition) is 3. The summed E-state index contributed by atoms with van der Waals surface area (Å²) in [7, 11) is -4.62. The van der Waals surface area contributed by atoms with Gasteiger partial charge < -0.3 is 24.6 Å². The van der Waals surface area contributed by atoms with E-state index in [-0.39, 0.29) is 19.4 Å². The minimum Gasteiger partial charge on any atom is -0.462 e. The van der Waals surface area contributed by atoms with Crippen LogP contribution in [-0.4, -0.2) is 65.7 Å². The summed E-state index contributed by atoms with van der Waals surface area (Å²) in [5.74, 6) is -0.935. The number of phosphoric ester groups is 1. The fourth-order valence-electron chi connectivity index (χ4n) is 5.92. The fraction of sp³-hybridized carbons (Fsp3) is 0.860. The maximum Gasteiger partial charge on any atom is 0.472 e. The fourth-order valence-corrected chi connectivity index (χ4v) is 6.71. The lowest BCUT2D eigenvalue weighted by molar-refractivity contribution is -0.161. The van der Waals surface area contributed by atoms with Gasteiger partial charge >= 0.3 is 19.8 Å². The molecule has 10 nitrogen and oxygen atoms in total. The van der Waals surface area contributed by atoms with E-state index in [1.807, 2.05) is 0 Å². The molecule has 0 aromatic rings. The van der Waals surface area contributed by atoms with Crippen LogP contribution < -0.4 is 0 Å². The van der Waals surface area contributed by atoms with Crippen molar-refractivity contribution in [3.8, 4) is 0 Å². The molecule has 0 heterocycles. The number of rotatable bonds is 41. The molecule has 0 aliphatic carbocycles. The highest BCUT2D eigenvalue weighted by Crippen LogP contribution is 2.43. The molecule has 0 saturated heterocycles. The summed E-state index contributed by atoms with van der Waals surface area (Å²) in [5.41, 5.74) is 0. The van der Waals surface area contributed by atoms with Crippen molar-refractivity contribution in [1.82, 2.24) is 0 Å². The van der Waals surface area contributed by atoms with Gasteiger partial charge in [0.2, 0.25) is 0 Å². The van der Waals surface area contributed by atoms with Gasteiger partial charge in [-0.1, -0.05) is 147 Å². The Kier molecular flexibility index (Phi) is 38.5. The zero-order valence-corrected chi connectivity index (χ0v) is 35.3. The van der Waals surface area contributed by atoms with Gasteiger partial charge in [0, 0.05) is 12.8 Å². The SMILES string of the molecule is CCCCCCC/C=C/CCCCCCCC(=O)OC[C@H](COP(=O)(O)OC[C@@H](O)CO)OC(=O)CCCCCCCCC/C=C/CCCCCCCC. The van der Waals surface area contributed by atoms with Crippen molar-refractivity contribution in [2.24, 2.45) is 0 Å². The van der Waals surface area contributed by atoms with Gasteiger partial charge in [-0.25, -0.2) is 4.57 Å². The molecule has 0 radical (unpaired) electrons. The maximum absolute atomic E-state index is 12.6. The Morgan fingerprint density at radius 1 is 0.537 bits per heavy atom. The van der Waals surface area contributed by atoms with Crippen LogP contribution in [0.5, 0.6) is 0 Å². The van der Waals surface area contributed by atoms with Gasteiger partial charge in [-0.2, -0.15) is 0 Å². The Morgan fingerprint density at radius 3 is 1.33 bits per heavy atom. The van der Waals surface area contributed by atoms with Crippen LogP contribution in [0.4, 0.5) is 0 Å². The minimum absolute atomic E-state index is 0.179. The highest BCUT2D eigenvalue weighted by Gasteiger charge is 2.27. The van der Waals surface area contributed by atoms with Crippen LogP contribution in [0.3, 0.4) is 0 Å². The third kappa shape index (κ3) is 38.7. The van der Waals surface area contributed by atoms with Gasteiger partial charge in [0.15, 0.2) is 6.10 Å². The van der Waals surface area contributed by atoms with Crippen molar-refractivity contribution in [2.75, 3.05) is 26.4 Å². The molecule has 0 aliphatic rings. The largest absolute Gasteiger partial charge is 0.472 e. The molecule has 0 rings (SSSR count). The van der Waals surface area contributed by atoms with Crippen molar-refractivity contribution >= 4 is 19.8 Å². The second-order valence-corrected chi connectivity index (χ2v) is 16.2. The first-order valence-corrected chi connectivity index (χ1v) is 23.3. The van der Waals surface area contributed by atoms with Gasteiger partial charge in [-0.3, -0.25) is 18.6 Å². The normalized spacial score (nSPS) is 14.1. The van der Waals surface area contributed by atoms with E-state index in [9.17, 15) is 24.2 Å². The number of carbonyl (C=O) groups excluding carboxylic acids is 2. The summed E-state index contributed by atoms with van der Waals surface area (Å²) in [5, 5.41) is 18.3. The highest BCUT2D eigenvalue weighted by molar-refractivity contribution is 7.47. The second kappa shape index (κ2) is 39.7. The quantitative estimate of drug-likeness (QED) is 0.0236. The van der Waals surface area contributed by atoms with Crippen LogP contribution in [-0.2, 0) is 32.7 Å². The summed E-state index contributed by atoms with van der Waals surface area (Å²) in [4.78, 5) is 35.0. The van der Waals surface area contributed by atoms with E-state index in [2.05, 4.69) is 42.7 Å². The number of allylic oxidation sites excluding steroid dienone is 4. The van der Waals surface area contributed by atoms with Gasteiger partial charge in [0.1, 0.15) is 12.7 Å². The van der Waals surface area contributed by atoms with Crippen molar-refractivity contribution in [3.05, 3.63) is 24.3 Å². The number of hydrogen-bond acceptors (Lipinski definition) is 9. The minimum atomic E-state index is -4.62. The lowest BCUT2D eigenvalue weighted by Crippen LogP contribution is -2.29. The van der Waals surface area contributed by atoms with E-state index in [0.717, 1.165) is 64.2 Å². The molecule has 54 heavy (non-hydrogen) atoms. The lowest BCUT2D eigenvalue weighted by Gasteiger charge is -2.20. The number of aliphatic hydroxyl groups excluding tert-OH is 2. The zero-order valence-electron chi connectivity index (χ0n) is 34.4. The molecular weight excluding hydrogens is 707 g/mol. The van der Waals surface area contributed by atoms with Crippen molar-refractivity contribution in [2.45, 2.75) is 212 Å². The molecule has 3 N–H and O–H groups in total. The molecule has 11 heteroatoms. The molecule has 0 saturated carbocycles. The number of carbonyl (C=O) groups is 2. The molecule has 0 aromatic heterocycles. The van der Waals surface area contributed by atoms with Crippen LogP contribution in [0.2, 0.25) is 0 Å². The molecule has 0 bridgehead atoms. The van der Waals surface area contributed by atoms with Crippen LogP contribution in [0, 0.1) is 0 Å². The van der Waals surface area contributed by atoms with Crippen molar-refractivity contribution in [3.63, 3.8) is 0 Å². The molecule has 0 aliphatic heterocycles. The number of phosphoric acid groups is 1. The molecule has 0 spiro atoms. The van der Waals surface area contributed by atoms with Crippen LogP contribution in [0.25, 0.3) is 0 Å². The van der Waals surface area contributed by atoms with Gasteiger partial charge in [0.25, 0.3) is 0 Å².